The highest BCUT2D eigenvalue weighted by molar-refractivity contribution is 5.83. The van der Waals surface area contributed by atoms with Gasteiger partial charge in [0.1, 0.15) is 0 Å². The summed E-state index contributed by atoms with van der Waals surface area (Å²) in [6.45, 7) is 4.54. The minimum absolute atomic E-state index is 0.154. The van der Waals surface area contributed by atoms with Gasteiger partial charge in [0.05, 0.1) is 12.6 Å². The molecule has 106 valence electrons. The van der Waals surface area contributed by atoms with E-state index in [0.29, 0.717) is 0 Å². The lowest BCUT2D eigenvalue weighted by atomic mass is 9.98. The molecule has 0 aromatic heterocycles. The molecule has 1 heterocycles. The molecule has 0 radical (unpaired) electrons. The summed E-state index contributed by atoms with van der Waals surface area (Å²) in [4.78, 5) is 2.43. The van der Waals surface area contributed by atoms with Gasteiger partial charge in [-0.2, -0.15) is 0 Å². The molecule has 0 bridgehead atoms. The second-order valence-electron chi connectivity index (χ2n) is 5.91. The zero-order valence-corrected chi connectivity index (χ0v) is 12.2. The molecule has 1 aliphatic rings. The van der Waals surface area contributed by atoms with Gasteiger partial charge in [0.2, 0.25) is 0 Å². The van der Waals surface area contributed by atoms with Crippen molar-refractivity contribution < 1.29 is 5.11 Å². The van der Waals surface area contributed by atoms with E-state index in [1.54, 1.807) is 0 Å². The molecule has 1 aliphatic heterocycles. The Balaban J connectivity index is 1.92. The lowest BCUT2D eigenvalue weighted by molar-refractivity contribution is 0.104. The lowest BCUT2D eigenvalue weighted by Crippen LogP contribution is -2.35. The average Bonchev–Trinajstić information content (AvgIpc) is 2.49. The summed E-state index contributed by atoms with van der Waals surface area (Å²) < 4.78 is 0. The predicted octanol–water partition coefficient (Wildman–Crippen LogP) is 3.67. The van der Waals surface area contributed by atoms with E-state index in [2.05, 4.69) is 48.2 Å². The summed E-state index contributed by atoms with van der Waals surface area (Å²) in [5.74, 6) is 0. The van der Waals surface area contributed by atoms with E-state index in [1.165, 1.54) is 41.2 Å². The maximum absolute atomic E-state index is 9.81. The maximum Gasteiger partial charge on any atom is 0.0628 e. The first-order valence-electron chi connectivity index (χ1n) is 7.63. The van der Waals surface area contributed by atoms with Crippen molar-refractivity contribution in [2.75, 3.05) is 19.7 Å². The number of aliphatic hydroxyl groups excluding tert-OH is 1. The van der Waals surface area contributed by atoms with Crippen LogP contribution in [0.4, 0.5) is 0 Å². The first-order valence-corrected chi connectivity index (χ1v) is 7.63. The zero-order chi connectivity index (χ0) is 13.9. The Labute approximate surface area is 121 Å². The van der Waals surface area contributed by atoms with E-state index in [9.17, 15) is 5.11 Å². The predicted molar refractivity (Wildman–Crippen MR) is 83.9 cm³/mol. The normalized spacial score (nSPS) is 18.3. The summed E-state index contributed by atoms with van der Waals surface area (Å²) in [5, 5.41) is 12.4. The molecule has 3 rings (SSSR count). The van der Waals surface area contributed by atoms with Crippen molar-refractivity contribution >= 4 is 10.8 Å². The number of likely N-dealkylation sites (tertiary alicyclic amines) is 1. The molecule has 20 heavy (non-hydrogen) atoms. The monoisotopic (exact) mass is 269 g/mol. The number of aliphatic hydroxyl groups is 1. The quantitative estimate of drug-likeness (QED) is 0.919. The van der Waals surface area contributed by atoms with Gasteiger partial charge in [0, 0.05) is 0 Å². The van der Waals surface area contributed by atoms with Gasteiger partial charge in [-0.25, -0.2) is 0 Å². The van der Waals surface area contributed by atoms with Crippen molar-refractivity contribution in [3.8, 4) is 0 Å². The van der Waals surface area contributed by atoms with Crippen LogP contribution in [-0.4, -0.2) is 29.7 Å². The molecule has 2 aromatic carbocycles. The van der Waals surface area contributed by atoms with E-state index < -0.39 is 0 Å². The Hall–Kier alpha value is -1.38. The van der Waals surface area contributed by atoms with Crippen molar-refractivity contribution in [3.63, 3.8) is 0 Å². The van der Waals surface area contributed by atoms with Crippen LogP contribution in [0.5, 0.6) is 0 Å². The van der Waals surface area contributed by atoms with Crippen molar-refractivity contribution in [2.45, 2.75) is 32.2 Å². The van der Waals surface area contributed by atoms with Gasteiger partial charge >= 0.3 is 0 Å². The van der Waals surface area contributed by atoms with Crippen LogP contribution < -0.4 is 0 Å². The van der Waals surface area contributed by atoms with E-state index >= 15 is 0 Å². The molecule has 2 nitrogen and oxygen atoms in total. The molecule has 0 spiro atoms. The summed E-state index contributed by atoms with van der Waals surface area (Å²) in [5.41, 5.74) is 2.53. The SMILES string of the molecule is Cc1ccc2cc(C(CO)N3CCCCC3)ccc2c1. The summed E-state index contributed by atoms with van der Waals surface area (Å²) in [6.07, 6.45) is 3.83. The number of rotatable bonds is 3. The van der Waals surface area contributed by atoms with Gasteiger partial charge in [-0.05, 0) is 55.3 Å². The molecule has 0 amide bonds. The van der Waals surface area contributed by atoms with E-state index in [4.69, 9.17) is 0 Å². The molecule has 2 aromatic rings. The van der Waals surface area contributed by atoms with Crippen LogP contribution in [0.15, 0.2) is 36.4 Å². The van der Waals surface area contributed by atoms with Gasteiger partial charge in [-0.3, -0.25) is 4.90 Å². The van der Waals surface area contributed by atoms with Crippen LogP contribution in [-0.2, 0) is 0 Å². The van der Waals surface area contributed by atoms with E-state index in [0.717, 1.165) is 13.1 Å². The molecular weight excluding hydrogens is 246 g/mol. The Bertz CT molecular complexity index is 587. The topological polar surface area (TPSA) is 23.5 Å². The number of hydrogen-bond acceptors (Lipinski definition) is 2. The van der Waals surface area contributed by atoms with Gasteiger partial charge in [0.15, 0.2) is 0 Å². The highest BCUT2D eigenvalue weighted by Crippen LogP contribution is 2.27. The zero-order valence-electron chi connectivity index (χ0n) is 12.2. The fraction of sp³-hybridized carbons (Fsp3) is 0.444. The molecular formula is C18H23NO. The van der Waals surface area contributed by atoms with Crippen LogP contribution >= 0.6 is 0 Å². The molecule has 1 unspecified atom stereocenters. The maximum atomic E-state index is 9.81. The van der Waals surface area contributed by atoms with Crippen LogP contribution in [0.25, 0.3) is 10.8 Å². The second-order valence-corrected chi connectivity index (χ2v) is 5.91. The fourth-order valence-corrected chi connectivity index (χ4v) is 3.25. The Morgan fingerprint density at radius 3 is 2.45 bits per heavy atom. The number of hydrogen-bond donors (Lipinski definition) is 1. The number of piperidine rings is 1. The molecule has 1 N–H and O–H groups in total. The second kappa shape index (κ2) is 5.94. The summed E-state index contributed by atoms with van der Waals surface area (Å²) >= 11 is 0. The van der Waals surface area contributed by atoms with E-state index in [1.807, 2.05) is 0 Å². The summed E-state index contributed by atoms with van der Waals surface area (Å²) in [6, 6.07) is 13.3. The lowest BCUT2D eigenvalue weighted by Gasteiger charge is -2.33. The molecule has 0 aliphatic carbocycles. The van der Waals surface area contributed by atoms with Crippen molar-refractivity contribution in [1.82, 2.24) is 4.90 Å². The third-order valence-corrected chi connectivity index (χ3v) is 4.41. The van der Waals surface area contributed by atoms with Crippen LogP contribution in [0.2, 0.25) is 0 Å². The minimum atomic E-state index is 0.154. The fourth-order valence-electron chi connectivity index (χ4n) is 3.25. The van der Waals surface area contributed by atoms with Gasteiger partial charge in [-0.15, -0.1) is 0 Å². The third-order valence-electron chi connectivity index (χ3n) is 4.41. The van der Waals surface area contributed by atoms with E-state index in [-0.39, 0.29) is 12.6 Å². The standard InChI is InChI=1S/C18H23NO/c1-14-5-6-16-12-17(8-7-15(16)11-14)18(13-20)19-9-3-2-4-10-19/h5-8,11-12,18,20H,2-4,9-10,13H2,1H3. The first-order chi connectivity index (χ1) is 9.78. The molecule has 1 saturated heterocycles. The molecule has 1 fully saturated rings. The third kappa shape index (κ3) is 2.72. The molecule has 0 saturated carbocycles. The Kier molecular flexibility index (Phi) is 4.04. The van der Waals surface area contributed by atoms with Crippen LogP contribution in [0, 0.1) is 6.92 Å². The Morgan fingerprint density at radius 1 is 1.00 bits per heavy atom. The average molecular weight is 269 g/mol. The first kappa shape index (κ1) is 13.6. The van der Waals surface area contributed by atoms with Gasteiger partial charge in [-0.1, -0.05) is 42.3 Å². The van der Waals surface area contributed by atoms with Crippen molar-refractivity contribution in [3.05, 3.63) is 47.5 Å². The number of fused-ring (bicyclic) bond motifs is 1. The van der Waals surface area contributed by atoms with Crippen LogP contribution in [0.3, 0.4) is 0 Å². The summed E-state index contributed by atoms with van der Waals surface area (Å²) in [7, 11) is 0. The Morgan fingerprint density at radius 2 is 1.70 bits per heavy atom. The van der Waals surface area contributed by atoms with Gasteiger partial charge in [0.25, 0.3) is 0 Å². The van der Waals surface area contributed by atoms with Crippen LogP contribution in [0.1, 0.15) is 36.4 Å². The number of aryl methyl sites for hydroxylation is 1. The van der Waals surface area contributed by atoms with Crippen molar-refractivity contribution in [1.29, 1.82) is 0 Å². The molecule has 2 heteroatoms. The van der Waals surface area contributed by atoms with Crippen molar-refractivity contribution in [2.24, 2.45) is 0 Å². The molecule has 1 atom stereocenters. The smallest absolute Gasteiger partial charge is 0.0628 e. The minimum Gasteiger partial charge on any atom is -0.394 e. The highest BCUT2D eigenvalue weighted by atomic mass is 16.3. The number of nitrogens with zero attached hydrogens (tertiary/aromatic N) is 1. The number of benzene rings is 2. The van der Waals surface area contributed by atoms with Gasteiger partial charge < -0.3 is 5.11 Å². The largest absolute Gasteiger partial charge is 0.394 e. The highest BCUT2D eigenvalue weighted by Gasteiger charge is 2.21.